The molecule has 0 bridgehead atoms. The number of rotatable bonds is 6. The van der Waals surface area contributed by atoms with Gasteiger partial charge in [0.2, 0.25) is 5.91 Å². The molecule has 156 valence electrons. The molecule has 1 amide bonds. The van der Waals surface area contributed by atoms with Crippen LogP contribution in [0.15, 0.2) is 53.4 Å². The van der Waals surface area contributed by atoms with Crippen LogP contribution in [0.25, 0.3) is 0 Å². The molecule has 7 nitrogen and oxygen atoms in total. The summed E-state index contributed by atoms with van der Waals surface area (Å²) in [5.74, 6) is -1.43. The molecule has 1 aliphatic rings. The third-order valence-electron chi connectivity index (χ3n) is 4.68. The third kappa shape index (κ3) is 5.20. The highest BCUT2D eigenvalue weighted by Gasteiger charge is 2.45. The van der Waals surface area contributed by atoms with E-state index >= 15 is 0 Å². The highest BCUT2D eigenvalue weighted by molar-refractivity contribution is 7.96. The van der Waals surface area contributed by atoms with E-state index in [4.69, 9.17) is 0 Å². The lowest BCUT2D eigenvalue weighted by Crippen LogP contribution is -2.43. The maximum absolute atomic E-state index is 13.1. The van der Waals surface area contributed by atoms with E-state index in [1.807, 2.05) is 0 Å². The standard InChI is InChI=1S/C19H21FN2O5S2/c1-13(23)22-16-6-8-17(9-7-16)29(26,27)19-12-28(24,25)11-18(19)21-10-14-2-4-15(20)5-3-14/h2-9,18-19,21H,10-12H2,1H3,(H,22,23)/t18-,19-/m0/s1. The summed E-state index contributed by atoms with van der Waals surface area (Å²) in [5, 5.41) is 4.41. The van der Waals surface area contributed by atoms with Crippen molar-refractivity contribution in [2.45, 2.75) is 29.7 Å². The highest BCUT2D eigenvalue weighted by atomic mass is 32.2. The fraction of sp³-hybridized carbons (Fsp3) is 0.316. The van der Waals surface area contributed by atoms with Gasteiger partial charge in [0, 0.05) is 25.2 Å². The van der Waals surface area contributed by atoms with Crippen molar-refractivity contribution in [1.29, 1.82) is 0 Å². The van der Waals surface area contributed by atoms with E-state index in [0.717, 1.165) is 0 Å². The van der Waals surface area contributed by atoms with Crippen LogP contribution in [-0.4, -0.2) is 45.5 Å². The van der Waals surface area contributed by atoms with Crippen LogP contribution in [0.5, 0.6) is 0 Å². The summed E-state index contributed by atoms with van der Waals surface area (Å²) in [6.45, 7) is 1.55. The van der Waals surface area contributed by atoms with Crippen LogP contribution in [0.2, 0.25) is 0 Å². The van der Waals surface area contributed by atoms with Crippen molar-refractivity contribution in [3.05, 3.63) is 59.9 Å². The number of sulfone groups is 2. The molecular formula is C19H21FN2O5S2. The molecule has 29 heavy (non-hydrogen) atoms. The van der Waals surface area contributed by atoms with Gasteiger partial charge in [-0.25, -0.2) is 21.2 Å². The van der Waals surface area contributed by atoms with E-state index in [-0.39, 0.29) is 28.9 Å². The van der Waals surface area contributed by atoms with Crippen LogP contribution in [0, 0.1) is 5.82 Å². The molecule has 0 radical (unpaired) electrons. The zero-order valence-electron chi connectivity index (χ0n) is 15.6. The number of amides is 1. The Morgan fingerprint density at radius 1 is 1.07 bits per heavy atom. The molecule has 1 heterocycles. The van der Waals surface area contributed by atoms with Crippen LogP contribution < -0.4 is 10.6 Å². The van der Waals surface area contributed by atoms with E-state index in [2.05, 4.69) is 10.6 Å². The van der Waals surface area contributed by atoms with E-state index in [1.54, 1.807) is 12.1 Å². The molecule has 1 aliphatic heterocycles. The van der Waals surface area contributed by atoms with Crippen molar-refractivity contribution >= 4 is 31.3 Å². The second-order valence-electron chi connectivity index (χ2n) is 6.98. The highest BCUT2D eigenvalue weighted by Crippen LogP contribution is 2.27. The lowest BCUT2D eigenvalue weighted by atomic mass is 10.2. The SMILES string of the molecule is CC(=O)Nc1ccc(S(=O)(=O)[C@H]2CS(=O)(=O)C[C@@H]2NCc2ccc(F)cc2)cc1. The minimum atomic E-state index is -3.93. The second kappa shape index (κ2) is 8.21. The zero-order valence-corrected chi connectivity index (χ0v) is 17.3. The van der Waals surface area contributed by atoms with Gasteiger partial charge < -0.3 is 10.6 Å². The normalized spacial score (nSPS) is 21.0. The molecule has 2 aromatic carbocycles. The van der Waals surface area contributed by atoms with Crippen molar-refractivity contribution in [3.63, 3.8) is 0 Å². The Balaban J connectivity index is 1.81. The first-order valence-electron chi connectivity index (χ1n) is 8.87. The molecule has 3 rings (SSSR count). The third-order valence-corrected chi connectivity index (χ3v) is 8.85. The average Bonchev–Trinajstić information content (AvgIpc) is 2.97. The molecular weight excluding hydrogens is 419 g/mol. The van der Waals surface area contributed by atoms with E-state index in [1.165, 1.54) is 43.3 Å². The molecule has 0 spiro atoms. The molecule has 0 unspecified atom stereocenters. The van der Waals surface area contributed by atoms with Crippen molar-refractivity contribution in [2.24, 2.45) is 0 Å². The van der Waals surface area contributed by atoms with Crippen LogP contribution in [0.4, 0.5) is 10.1 Å². The van der Waals surface area contributed by atoms with E-state index in [9.17, 15) is 26.0 Å². The predicted octanol–water partition coefficient (Wildman–Crippen LogP) is 1.51. The first-order chi connectivity index (χ1) is 13.6. The summed E-state index contributed by atoms with van der Waals surface area (Å²) in [7, 11) is -7.46. The van der Waals surface area contributed by atoms with Gasteiger partial charge in [0.1, 0.15) is 5.82 Å². The number of nitrogens with one attached hydrogen (secondary N) is 2. The van der Waals surface area contributed by atoms with E-state index in [0.29, 0.717) is 11.3 Å². The molecule has 2 atom stereocenters. The monoisotopic (exact) mass is 440 g/mol. The van der Waals surface area contributed by atoms with Crippen LogP contribution in [-0.2, 0) is 31.0 Å². The Kier molecular flexibility index (Phi) is 6.06. The van der Waals surface area contributed by atoms with Gasteiger partial charge in [-0.15, -0.1) is 0 Å². The molecule has 0 aliphatic carbocycles. The Morgan fingerprint density at radius 2 is 1.69 bits per heavy atom. The molecule has 0 saturated carbocycles. The van der Waals surface area contributed by atoms with Gasteiger partial charge >= 0.3 is 0 Å². The summed E-state index contributed by atoms with van der Waals surface area (Å²) in [6.07, 6.45) is 0. The fourth-order valence-electron chi connectivity index (χ4n) is 3.27. The zero-order chi connectivity index (χ0) is 21.2. The molecule has 10 heteroatoms. The molecule has 1 saturated heterocycles. The van der Waals surface area contributed by atoms with Crippen LogP contribution >= 0.6 is 0 Å². The lowest BCUT2D eigenvalue weighted by Gasteiger charge is -2.20. The maximum atomic E-state index is 13.1. The van der Waals surface area contributed by atoms with Gasteiger partial charge in [0.25, 0.3) is 0 Å². The Hall–Kier alpha value is -2.30. The van der Waals surface area contributed by atoms with Crippen molar-refractivity contribution in [3.8, 4) is 0 Å². The van der Waals surface area contributed by atoms with Gasteiger partial charge in [-0.05, 0) is 42.0 Å². The Morgan fingerprint density at radius 3 is 2.28 bits per heavy atom. The number of carbonyl (C=O) groups excluding carboxylic acids is 1. The number of benzene rings is 2. The van der Waals surface area contributed by atoms with Gasteiger partial charge in [0.15, 0.2) is 19.7 Å². The second-order valence-corrected chi connectivity index (χ2v) is 11.3. The molecule has 2 N–H and O–H groups in total. The molecule has 1 fully saturated rings. The lowest BCUT2D eigenvalue weighted by molar-refractivity contribution is -0.114. The summed E-state index contributed by atoms with van der Waals surface area (Å²) in [4.78, 5) is 11.1. The van der Waals surface area contributed by atoms with Crippen molar-refractivity contribution in [2.75, 3.05) is 16.8 Å². The largest absolute Gasteiger partial charge is 0.326 e. The first-order valence-corrected chi connectivity index (χ1v) is 12.2. The van der Waals surface area contributed by atoms with E-state index < -0.39 is 36.7 Å². The smallest absolute Gasteiger partial charge is 0.221 e. The van der Waals surface area contributed by atoms with Crippen LogP contribution in [0.1, 0.15) is 12.5 Å². The number of halogens is 1. The molecule has 2 aromatic rings. The first kappa shape index (κ1) is 21.4. The summed E-state index contributed by atoms with van der Waals surface area (Å²) in [5.41, 5.74) is 1.16. The number of hydrogen-bond acceptors (Lipinski definition) is 6. The number of anilines is 1. The van der Waals surface area contributed by atoms with Gasteiger partial charge in [-0.2, -0.15) is 0 Å². The van der Waals surface area contributed by atoms with Gasteiger partial charge in [0.05, 0.1) is 21.7 Å². The minimum Gasteiger partial charge on any atom is -0.326 e. The topological polar surface area (TPSA) is 109 Å². The fourth-order valence-corrected chi connectivity index (χ4v) is 7.99. The summed E-state index contributed by atoms with van der Waals surface area (Å²) in [6, 6.07) is 10.5. The summed E-state index contributed by atoms with van der Waals surface area (Å²) >= 11 is 0. The van der Waals surface area contributed by atoms with Gasteiger partial charge in [-0.3, -0.25) is 4.79 Å². The predicted molar refractivity (Wildman–Crippen MR) is 107 cm³/mol. The quantitative estimate of drug-likeness (QED) is 0.705. The Bertz CT molecular complexity index is 1100. The van der Waals surface area contributed by atoms with Crippen molar-refractivity contribution in [1.82, 2.24) is 5.32 Å². The average molecular weight is 441 g/mol. The van der Waals surface area contributed by atoms with Crippen LogP contribution in [0.3, 0.4) is 0 Å². The minimum absolute atomic E-state index is 0.0118. The van der Waals surface area contributed by atoms with Crippen molar-refractivity contribution < 1.29 is 26.0 Å². The number of hydrogen-bond donors (Lipinski definition) is 2. The Labute approximate surface area is 169 Å². The van der Waals surface area contributed by atoms with Gasteiger partial charge in [-0.1, -0.05) is 12.1 Å². The maximum Gasteiger partial charge on any atom is 0.221 e. The summed E-state index contributed by atoms with van der Waals surface area (Å²) < 4.78 is 63.5. The molecule has 0 aromatic heterocycles. The number of carbonyl (C=O) groups is 1.